The Kier molecular flexibility index (Phi) is 6.56. The second kappa shape index (κ2) is 8.36. The first-order chi connectivity index (χ1) is 12.9. The van der Waals surface area contributed by atoms with Crippen LogP contribution in [0.3, 0.4) is 0 Å². The molecule has 0 aliphatic heterocycles. The van der Waals surface area contributed by atoms with Crippen LogP contribution < -0.4 is 5.43 Å². The van der Waals surface area contributed by atoms with Gasteiger partial charge in [-0.3, -0.25) is 14.5 Å². The Morgan fingerprint density at radius 2 is 1.54 bits per heavy atom. The first-order valence-corrected chi connectivity index (χ1v) is 12.2. The van der Waals surface area contributed by atoms with Crippen LogP contribution in [-0.2, 0) is 30.1 Å². The van der Waals surface area contributed by atoms with Gasteiger partial charge in [0.25, 0.3) is 20.2 Å². The van der Waals surface area contributed by atoms with E-state index >= 15 is 0 Å². The van der Waals surface area contributed by atoms with E-state index in [1.165, 1.54) is 6.21 Å². The number of rotatable bonds is 8. The van der Waals surface area contributed by atoms with Crippen molar-refractivity contribution in [3.05, 3.63) is 54.1 Å². The third-order valence-corrected chi connectivity index (χ3v) is 7.00. The van der Waals surface area contributed by atoms with E-state index in [1.807, 2.05) is 0 Å². The Morgan fingerprint density at radius 1 is 0.893 bits per heavy atom. The molecule has 0 spiro atoms. The topological polar surface area (TPSA) is 167 Å². The van der Waals surface area contributed by atoms with Crippen molar-refractivity contribution in [2.24, 2.45) is 5.10 Å². The third-order valence-electron chi connectivity index (χ3n) is 3.40. The molecule has 152 valence electrons. The molecule has 0 aliphatic rings. The summed E-state index contributed by atoms with van der Waals surface area (Å²) in [4.78, 5) is -1.03. The van der Waals surface area contributed by atoms with Crippen molar-refractivity contribution < 1.29 is 34.4 Å². The third kappa shape index (κ3) is 6.38. The highest BCUT2D eigenvalue weighted by molar-refractivity contribution is 7.93. The molecule has 2 aromatic carbocycles. The average molecular weight is 449 g/mol. The van der Waals surface area contributed by atoms with E-state index in [-0.39, 0.29) is 5.69 Å². The Morgan fingerprint density at radius 3 is 2.11 bits per heavy atom. The molecule has 3 N–H and O–H groups in total. The quantitative estimate of drug-likeness (QED) is 0.303. The van der Waals surface area contributed by atoms with Gasteiger partial charge in [0, 0.05) is 0 Å². The standard InChI is InChI=1S/C15H16N2O8S3/c18-26(19,8-9-27(20,21)22)13-6-7-15(28(23,24)25)14(10-13)17-16-11-12-4-2-1-3-5-12/h1-7,10-11,17H,8-9H2,(H,20,21,22)(H,23,24,25). The lowest BCUT2D eigenvalue weighted by molar-refractivity contribution is 0.482. The predicted molar refractivity (Wildman–Crippen MR) is 102 cm³/mol. The van der Waals surface area contributed by atoms with Gasteiger partial charge < -0.3 is 0 Å². The molecular formula is C15H16N2O8S3. The van der Waals surface area contributed by atoms with Crippen LogP contribution in [0.15, 0.2) is 63.4 Å². The van der Waals surface area contributed by atoms with Gasteiger partial charge >= 0.3 is 0 Å². The van der Waals surface area contributed by atoms with Crippen molar-refractivity contribution in [2.75, 3.05) is 16.9 Å². The van der Waals surface area contributed by atoms with Crippen LogP contribution >= 0.6 is 0 Å². The second-order valence-electron chi connectivity index (χ2n) is 5.52. The van der Waals surface area contributed by atoms with E-state index in [4.69, 9.17) is 4.55 Å². The van der Waals surface area contributed by atoms with E-state index in [1.54, 1.807) is 30.3 Å². The summed E-state index contributed by atoms with van der Waals surface area (Å²) in [5, 5.41) is 3.81. The minimum Gasteiger partial charge on any atom is -0.286 e. The number of anilines is 1. The summed E-state index contributed by atoms with van der Waals surface area (Å²) >= 11 is 0. The van der Waals surface area contributed by atoms with Crippen LogP contribution in [0.1, 0.15) is 5.56 Å². The molecule has 13 heteroatoms. The van der Waals surface area contributed by atoms with E-state index < -0.39 is 51.4 Å². The lowest BCUT2D eigenvalue weighted by Gasteiger charge is -2.10. The van der Waals surface area contributed by atoms with Crippen molar-refractivity contribution in [3.8, 4) is 0 Å². The summed E-state index contributed by atoms with van der Waals surface area (Å²) in [5.74, 6) is -1.94. The summed E-state index contributed by atoms with van der Waals surface area (Å²) in [6.45, 7) is 0. The molecule has 10 nitrogen and oxygen atoms in total. The minimum absolute atomic E-state index is 0.331. The number of benzene rings is 2. The zero-order chi connectivity index (χ0) is 21.0. The van der Waals surface area contributed by atoms with E-state index in [0.29, 0.717) is 5.56 Å². The van der Waals surface area contributed by atoms with Gasteiger partial charge in [0.1, 0.15) is 4.90 Å². The van der Waals surface area contributed by atoms with Gasteiger partial charge in [0.05, 0.1) is 28.3 Å². The molecule has 0 aliphatic carbocycles. The zero-order valence-electron chi connectivity index (χ0n) is 14.1. The summed E-state index contributed by atoms with van der Waals surface area (Å²) in [6, 6.07) is 11.3. The second-order valence-corrected chi connectivity index (χ2v) is 10.6. The highest BCUT2D eigenvalue weighted by Gasteiger charge is 2.22. The maximum Gasteiger partial charge on any atom is 0.296 e. The number of nitrogens with one attached hydrogen (secondary N) is 1. The number of sulfone groups is 1. The van der Waals surface area contributed by atoms with E-state index in [0.717, 1.165) is 18.2 Å². The van der Waals surface area contributed by atoms with Gasteiger partial charge in [-0.25, -0.2) is 8.42 Å². The molecule has 0 aromatic heterocycles. The Balaban J connectivity index is 2.38. The molecule has 0 atom stereocenters. The molecule has 0 unspecified atom stereocenters. The van der Waals surface area contributed by atoms with Crippen molar-refractivity contribution in [1.29, 1.82) is 0 Å². The zero-order valence-corrected chi connectivity index (χ0v) is 16.6. The van der Waals surface area contributed by atoms with Gasteiger partial charge in [0.2, 0.25) is 0 Å². The maximum absolute atomic E-state index is 12.2. The van der Waals surface area contributed by atoms with Gasteiger partial charge in [-0.05, 0) is 23.8 Å². The van der Waals surface area contributed by atoms with Crippen LogP contribution in [0, 0.1) is 0 Å². The van der Waals surface area contributed by atoms with Crippen molar-refractivity contribution in [2.45, 2.75) is 9.79 Å². The summed E-state index contributed by atoms with van der Waals surface area (Å²) in [5.41, 5.74) is 2.69. The van der Waals surface area contributed by atoms with Crippen molar-refractivity contribution in [1.82, 2.24) is 0 Å². The number of hydrazone groups is 1. The van der Waals surface area contributed by atoms with Crippen molar-refractivity contribution >= 4 is 42.0 Å². The number of hydrogen-bond acceptors (Lipinski definition) is 8. The fourth-order valence-electron chi connectivity index (χ4n) is 2.06. The van der Waals surface area contributed by atoms with Crippen LogP contribution in [0.4, 0.5) is 5.69 Å². The molecule has 0 amide bonds. The average Bonchev–Trinajstić information content (AvgIpc) is 2.59. The summed E-state index contributed by atoms with van der Waals surface area (Å²) in [7, 11) is -13.4. The molecule has 0 fully saturated rings. The van der Waals surface area contributed by atoms with Crippen LogP contribution in [0.5, 0.6) is 0 Å². The lowest BCUT2D eigenvalue weighted by Crippen LogP contribution is -2.17. The molecule has 28 heavy (non-hydrogen) atoms. The largest absolute Gasteiger partial charge is 0.296 e. The minimum atomic E-state index is -4.69. The molecule has 0 saturated carbocycles. The van der Waals surface area contributed by atoms with Crippen LogP contribution in [0.2, 0.25) is 0 Å². The molecular weight excluding hydrogens is 432 g/mol. The molecule has 0 bridgehead atoms. The molecule has 0 saturated heterocycles. The maximum atomic E-state index is 12.2. The highest BCUT2D eigenvalue weighted by atomic mass is 32.2. The summed E-state index contributed by atoms with van der Waals surface area (Å²) in [6.07, 6.45) is 1.34. The Hall–Kier alpha value is -2.32. The molecule has 0 radical (unpaired) electrons. The van der Waals surface area contributed by atoms with Gasteiger partial charge in [-0.2, -0.15) is 21.9 Å². The van der Waals surface area contributed by atoms with Crippen molar-refractivity contribution in [3.63, 3.8) is 0 Å². The number of hydrogen-bond donors (Lipinski definition) is 3. The lowest BCUT2D eigenvalue weighted by atomic mass is 10.2. The SMILES string of the molecule is O=S(=O)(O)CCS(=O)(=O)c1ccc(S(=O)(=O)O)c(NN=Cc2ccccc2)c1. The van der Waals surface area contributed by atoms with Gasteiger partial charge in [0.15, 0.2) is 9.84 Å². The van der Waals surface area contributed by atoms with Gasteiger partial charge in [-0.15, -0.1) is 0 Å². The highest BCUT2D eigenvalue weighted by Crippen LogP contribution is 2.25. The monoisotopic (exact) mass is 448 g/mol. The first-order valence-electron chi connectivity index (χ1n) is 7.52. The fraction of sp³-hybridized carbons (Fsp3) is 0.133. The molecule has 0 heterocycles. The molecule has 2 aromatic rings. The normalized spacial score (nSPS) is 12.9. The Labute approximate surface area is 162 Å². The smallest absolute Gasteiger partial charge is 0.286 e. The van der Waals surface area contributed by atoms with E-state index in [9.17, 15) is 29.8 Å². The van der Waals surface area contributed by atoms with Crippen LogP contribution in [0.25, 0.3) is 0 Å². The Bertz CT molecular complexity index is 1190. The molecule has 2 rings (SSSR count). The fourth-order valence-corrected chi connectivity index (χ4v) is 5.21. The number of nitrogens with zero attached hydrogens (tertiary/aromatic N) is 1. The van der Waals surface area contributed by atoms with Gasteiger partial charge in [-0.1, -0.05) is 30.3 Å². The summed E-state index contributed by atoms with van der Waals surface area (Å²) < 4.78 is 87.1. The van der Waals surface area contributed by atoms with E-state index in [2.05, 4.69) is 10.5 Å². The predicted octanol–water partition coefficient (Wildman–Crippen LogP) is 1.04. The van der Waals surface area contributed by atoms with Crippen LogP contribution in [-0.4, -0.2) is 52.1 Å². The first kappa shape index (κ1) is 22.0.